The van der Waals surface area contributed by atoms with Crippen LogP contribution in [0.3, 0.4) is 0 Å². The molecule has 21 heavy (non-hydrogen) atoms. The summed E-state index contributed by atoms with van der Waals surface area (Å²) in [6, 6.07) is 7.99. The van der Waals surface area contributed by atoms with Crippen molar-refractivity contribution in [1.82, 2.24) is 10.2 Å². The predicted molar refractivity (Wildman–Crippen MR) is 83.0 cm³/mol. The van der Waals surface area contributed by atoms with Crippen molar-refractivity contribution in [2.75, 3.05) is 25.1 Å². The van der Waals surface area contributed by atoms with Crippen LogP contribution in [0.2, 0.25) is 0 Å². The first-order valence-corrected chi connectivity index (χ1v) is 7.41. The van der Waals surface area contributed by atoms with E-state index in [1.807, 2.05) is 24.3 Å². The molecular formula is C16H21N3O2. The molecule has 5 heteroatoms. The van der Waals surface area contributed by atoms with E-state index in [1.165, 1.54) is 0 Å². The van der Waals surface area contributed by atoms with E-state index in [9.17, 15) is 0 Å². The van der Waals surface area contributed by atoms with Crippen LogP contribution in [0.25, 0.3) is 11.3 Å². The largest absolute Gasteiger partial charge is 0.490 e. The van der Waals surface area contributed by atoms with Gasteiger partial charge in [0.1, 0.15) is 5.82 Å². The average molecular weight is 287 g/mol. The number of hydrogen-bond donors (Lipinski definition) is 2. The smallest absolute Gasteiger partial charge is 0.161 e. The van der Waals surface area contributed by atoms with Gasteiger partial charge in [0.25, 0.3) is 0 Å². The lowest BCUT2D eigenvalue weighted by Crippen LogP contribution is -2.07. The zero-order chi connectivity index (χ0) is 14.7. The number of ether oxygens (including phenoxy) is 2. The third-order valence-electron chi connectivity index (χ3n) is 3.33. The molecule has 0 saturated heterocycles. The molecule has 0 unspecified atom stereocenters. The highest BCUT2D eigenvalue weighted by molar-refractivity contribution is 5.66. The Morgan fingerprint density at radius 2 is 2.00 bits per heavy atom. The molecule has 0 atom stereocenters. The van der Waals surface area contributed by atoms with Gasteiger partial charge in [0.15, 0.2) is 11.5 Å². The van der Waals surface area contributed by atoms with Gasteiger partial charge in [-0.1, -0.05) is 13.8 Å². The van der Waals surface area contributed by atoms with Gasteiger partial charge >= 0.3 is 0 Å². The molecular weight excluding hydrogens is 266 g/mol. The molecule has 0 radical (unpaired) electrons. The predicted octanol–water partition coefficient (Wildman–Crippen LogP) is 3.31. The highest BCUT2D eigenvalue weighted by atomic mass is 16.5. The Hall–Kier alpha value is -2.17. The second-order valence-corrected chi connectivity index (χ2v) is 5.65. The first-order valence-electron chi connectivity index (χ1n) is 7.41. The summed E-state index contributed by atoms with van der Waals surface area (Å²) in [6.07, 6.45) is 0.914. The second-order valence-electron chi connectivity index (χ2n) is 5.65. The number of H-pyrrole nitrogens is 1. The molecule has 2 aromatic rings. The molecule has 0 spiro atoms. The van der Waals surface area contributed by atoms with Crippen LogP contribution in [-0.4, -0.2) is 30.0 Å². The van der Waals surface area contributed by atoms with Crippen LogP contribution in [0, 0.1) is 5.92 Å². The maximum Gasteiger partial charge on any atom is 0.161 e. The van der Waals surface area contributed by atoms with Crippen molar-refractivity contribution in [3.05, 3.63) is 24.3 Å². The number of rotatable bonds is 4. The van der Waals surface area contributed by atoms with E-state index in [1.54, 1.807) is 0 Å². The fourth-order valence-corrected chi connectivity index (χ4v) is 2.20. The van der Waals surface area contributed by atoms with Crippen LogP contribution < -0.4 is 14.8 Å². The van der Waals surface area contributed by atoms with Crippen molar-refractivity contribution < 1.29 is 9.47 Å². The van der Waals surface area contributed by atoms with Gasteiger partial charge in [-0.25, -0.2) is 0 Å². The molecule has 2 heterocycles. The highest BCUT2D eigenvalue weighted by Gasteiger charge is 2.12. The minimum absolute atomic E-state index is 0.586. The van der Waals surface area contributed by atoms with Crippen LogP contribution in [0.1, 0.15) is 20.3 Å². The maximum atomic E-state index is 5.72. The quantitative estimate of drug-likeness (QED) is 0.905. The van der Waals surface area contributed by atoms with E-state index in [4.69, 9.17) is 9.47 Å². The summed E-state index contributed by atoms with van der Waals surface area (Å²) in [4.78, 5) is 0. The molecule has 0 bridgehead atoms. The third-order valence-corrected chi connectivity index (χ3v) is 3.33. The standard InChI is InChI=1S/C16H21N3O2/c1-11(2)10-17-16-9-13(18-19-16)12-4-5-14-15(8-12)21-7-3-6-20-14/h4-5,8-9,11H,3,6-7,10H2,1-2H3,(H2,17,18,19). The van der Waals surface area contributed by atoms with Crippen LogP contribution in [-0.2, 0) is 0 Å². The van der Waals surface area contributed by atoms with E-state index in [0.717, 1.165) is 41.5 Å². The molecule has 3 rings (SSSR count). The van der Waals surface area contributed by atoms with Gasteiger partial charge in [-0.15, -0.1) is 0 Å². The monoisotopic (exact) mass is 287 g/mol. The normalized spacial score (nSPS) is 14.0. The Bertz CT molecular complexity index is 607. The molecule has 5 nitrogen and oxygen atoms in total. The van der Waals surface area contributed by atoms with Gasteiger partial charge in [-0.3, -0.25) is 5.10 Å². The van der Waals surface area contributed by atoms with Crippen molar-refractivity contribution in [1.29, 1.82) is 0 Å². The molecule has 0 amide bonds. The first kappa shape index (κ1) is 13.8. The third kappa shape index (κ3) is 3.29. The molecule has 2 N–H and O–H groups in total. The van der Waals surface area contributed by atoms with Crippen molar-refractivity contribution in [3.8, 4) is 22.8 Å². The van der Waals surface area contributed by atoms with Crippen molar-refractivity contribution in [2.45, 2.75) is 20.3 Å². The number of anilines is 1. The molecule has 1 aliphatic rings. The van der Waals surface area contributed by atoms with Crippen molar-refractivity contribution >= 4 is 5.82 Å². The Morgan fingerprint density at radius 3 is 2.81 bits per heavy atom. The Kier molecular flexibility index (Phi) is 3.99. The Labute approximate surface area is 124 Å². The number of benzene rings is 1. The lowest BCUT2D eigenvalue weighted by Gasteiger charge is -2.08. The van der Waals surface area contributed by atoms with Crippen LogP contribution in [0.4, 0.5) is 5.82 Å². The van der Waals surface area contributed by atoms with Crippen molar-refractivity contribution in [3.63, 3.8) is 0 Å². The summed E-state index contributed by atoms with van der Waals surface area (Å²) in [5, 5.41) is 10.7. The molecule has 1 aromatic heterocycles. The van der Waals surface area contributed by atoms with Gasteiger partial charge in [0.05, 0.1) is 18.9 Å². The summed E-state index contributed by atoms with van der Waals surface area (Å²) in [7, 11) is 0. The summed E-state index contributed by atoms with van der Waals surface area (Å²) >= 11 is 0. The fourth-order valence-electron chi connectivity index (χ4n) is 2.20. The van der Waals surface area contributed by atoms with E-state index < -0.39 is 0 Å². The summed E-state index contributed by atoms with van der Waals surface area (Å²) in [5.41, 5.74) is 2.02. The maximum absolute atomic E-state index is 5.72. The summed E-state index contributed by atoms with van der Waals surface area (Å²) in [6.45, 7) is 6.65. The van der Waals surface area contributed by atoms with E-state index in [0.29, 0.717) is 19.1 Å². The summed E-state index contributed by atoms with van der Waals surface area (Å²) < 4.78 is 11.4. The van der Waals surface area contributed by atoms with Crippen molar-refractivity contribution in [2.24, 2.45) is 5.92 Å². The number of nitrogens with zero attached hydrogens (tertiary/aromatic N) is 1. The molecule has 112 valence electrons. The molecule has 0 fully saturated rings. The van der Waals surface area contributed by atoms with Gasteiger partial charge in [-0.2, -0.15) is 5.10 Å². The molecule has 0 aliphatic carbocycles. The van der Waals surface area contributed by atoms with Gasteiger partial charge in [0.2, 0.25) is 0 Å². The lowest BCUT2D eigenvalue weighted by molar-refractivity contribution is 0.297. The van der Waals surface area contributed by atoms with Crippen LogP contribution in [0.5, 0.6) is 11.5 Å². The van der Waals surface area contributed by atoms with E-state index >= 15 is 0 Å². The number of aromatic nitrogens is 2. The SMILES string of the molecule is CC(C)CNc1cc(-c2ccc3c(c2)OCCCO3)[nH]n1. The topological polar surface area (TPSA) is 59.2 Å². The Balaban J connectivity index is 1.79. The van der Waals surface area contributed by atoms with Gasteiger partial charge < -0.3 is 14.8 Å². The average Bonchev–Trinajstić information content (AvgIpc) is 2.82. The van der Waals surface area contributed by atoms with Gasteiger partial charge in [0, 0.05) is 24.6 Å². The minimum atomic E-state index is 0.586. The minimum Gasteiger partial charge on any atom is -0.490 e. The number of hydrogen-bond acceptors (Lipinski definition) is 4. The summed E-state index contributed by atoms with van der Waals surface area (Å²) in [5.74, 6) is 3.07. The highest BCUT2D eigenvalue weighted by Crippen LogP contribution is 2.34. The Morgan fingerprint density at radius 1 is 1.19 bits per heavy atom. The second kappa shape index (κ2) is 6.08. The zero-order valence-corrected chi connectivity index (χ0v) is 12.5. The van der Waals surface area contributed by atoms with Crippen LogP contribution in [0.15, 0.2) is 24.3 Å². The van der Waals surface area contributed by atoms with E-state index in [2.05, 4.69) is 29.4 Å². The zero-order valence-electron chi connectivity index (χ0n) is 12.5. The number of nitrogens with one attached hydrogen (secondary N) is 2. The first-order chi connectivity index (χ1) is 10.2. The van der Waals surface area contributed by atoms with Gasteiger partial charge in [-0.05, 0) is 24.1 Å². The molecule has 1 aromatic carbocycles. The lowest BCUT2D eigenvalue weighted by atomic mass is 10.1. The van der Waals surface area contributed by atoms with Crippen LogP contribution >= 0.6 is 0 Å². The number of aromatic amines is 1. The van der Waals surface area contributed by atoms with E-state index in [-0.39, 0.29) is 0 Å². The fraction of sp³-hybridized carbons (Fsp3) is 0.438. The number of fused-ring (bicyclic) bond motifs is 1. The molecule has 0 saturated carbocycles. The molecule has 1 aliphatic heterocycles.